The van der Waals surface area contributed by atoms with Crippen LogP contribution >= 0.6 is 15.9 Å². The highest BCUT2D eigenvalue weighted by atomic mass is 79.9. The first kappa shape index (κ1) is 17.1. The lowest BCUT2D eigenvalue weighted by atomic mass is 10.2. The van der Waals surface area contributed by atoms with Gasteiger partial charge in [0.05, 0.1) is 22.7 Å². The van der Waals surface area contributed by atoms with E-state index < -0.39 is 16.5 Å². The van der Waals surface area contributed by atoms with Crippen molar-refractivity contribution in [1.82, 2.24) is 4.57 Å². The Morgan fingerprint density at radius 2 is 2.19 bits per heavy atom. The quantitative estimate of drug-likeness (QED) is 0.348. The molecule has 0 spiro atoms. The summed E-state index contributed by atoms with van der Waals surface area (Å²) in [7, 11) is 1.27. The van der Waals surface area contributed by atoms with E-state index in [0.717, 1.165) is 0 Å². The lowest BCUT2D eigenvalue weighted by Crippen LogP contribution is -2.22. The number of halogens is 1. The molecule has 0 saturated carbocycles. The van der Waals surface area contributed by atoms with Crippen molar-refractivity contribution >= 4 is 27.6 Å². The molecule has 114 valence electrons. The van der Waals surface area contributed by atoms with Crippen molar-refractivity contribution in [3.05, 3.63) is 48.4 Å². The molecule has 0 aliphatic carbocycles. The molecule has 0 aliphatic rings. The van der Waals surface area contributed by atoms with Crippen LogP contribution in [-0.4, -0.2) is 22.6 Å². The maximum atomic E-state index is 12.1. The van der Waals surface area contributed by atoms with Crippen LogP contribution in [0.3, 0.4) is 0 Å². The third-order valence-corrected chi connectivity index (χ3v) is 3.93. The van der Waals surface area contributed by atoms with Crippen LogP contribution in [0.4, 0.5) is 5.69 Å². The summed E-state index contributed by atoms with van der Waals surface area (Å²) in [4.78, 5) is 33.9. The van der Waals surface area contributed by atoms with Gasteiger partial charge in [-0.1, -0.05) is 13.0 Å². The van der Waals surface area contributed by atoms with Gasteiger partial charge in [-0.05, 0) is 29.3 Å². The van der Waals surface area contributed by atoms with Gasteiger partial charge in [-0.25, -0.2) is 4.79 Å². The molecule has 0 bridgehead atoms. The number of nitrogens with zero attached hydrogens (tertiary/aromatic N) is 2. The van der Waals surface area contributed by atoms with Gasteiger partial charge in [0.1, 0.15) is 0 Å². The zero-order valence-corrected chi connectivity index (χ0v) is 13.5. The fourth-order valence-electron chi connectivity index (χ4n) is 1.73. The van der Waals surface area contributed by atoms with Crippen molar-refractivity contribution in [2.45, 2.75) is 26.8 Å². The molecule has 0 saturated heterocycles. The Kier molecular flexibility index (Phi) is 5.83. The number of pyridine rings is 1. The summed E-state index contributed by atoms with van der Waals surface area (Å²) in [6.45, 7) is 3.32. The summed E-state index contributed by atoms with van der Waals surface area (Å²) in [5.74, 6) is -0.480. The standard InChI is InChI=1S/C13H15BrN2O5/c1-4-9(13(18)21-3)5-6-15-7-10(16(19)20)8(2)11(14)12(15)17/h5,7H,4,6H2,1-3H3/b9-5-. The molecule has 8 heteroatoms. The van der Waals surface area contributed by atoms with Crippen molar-refractivity contribution in [2.24, 2.45) is 0 Å². The van der Waals surface area contributed by atoms with E-state index in [-0.39, 0.29) is 22.3 Å². The molecular formula is C13H15BrN2O5. The number of carbonyl (C=O) groups excluding carboxylic acids is 1. The van der Waals surface area contributed by atoms with E-state index in [0.29, 0.717) is 12.0 Å². The molecule has 0 aromatic carbocycles. The lowest BCUT2D eigenvalue weighted by molar-refractivity contribution is -0.386. The summed E-state index contributed by atoms with van der Waals surface area (Å²) < 4.78 is 5.93. The average Bonchev–Trinajstić information content (AvgIpc) is 2.46. The summed E-state index contributed by atoms with van der Waals surface area (Å²) >= 11 is 3.07. The third kappa shape index (κ3) is 3.78. The van der Waals surface area contributed by atoms with Crippen molar-refractivity contribution in [1.29, 1.82) is 0 Å². The number of hydrogen-bond acceptors (Lipinski definition) is 5. The predicted molar refractivity (Wildman–Crippen MR) is 80.2 cm³/mol. The van der Waals surface area contributed by atoms with Crippen molar-refractivity contribution < 1.29 is 14.5 Å². The van der Waals surface area contributed by atoms with Gasteiger partial charge in [-0.15, -0.1) is 0 Å². The molecule has 0 N–H and O–H groups in total. The zero-order valence-electron chi connectivity index (χ0n) is 11.9. The first-order valence-electron chi connectivity index (χ1n) is 6.14. The molecule has 1 heterocycles. The number of methoxy groups -OCH3 is 1. The summed E-state index contributed by atoms with van der Waals surface area (Å²) in [6, 6.07) is 0. The number of nitro groups is 1. The van der Waals surface area contributed by atoms with E-state index in [1.807, 2.05) is 0 Å². The number of carbonyl (C=O) groups is 1. The van der Waals surface area contributed by atoms with Gasteiger partial charge in [0, 0.05) is 17.7 Å². The Morgan fingerprint density at radius 1 is 1.57 bits per heavy atom. The molecule has 7 nitrogen and oxygen atoms in total. The van der Waals surface area contributed by atoms with E-state index in [9.17, 15) is 19.7 Å². The minimum atomic E-state index is -0.555. The molecule has 0 radical (unpaired) electrons. The van der Waals surface area contributed by atoms with Crippen LogP contribution < -0.4 is 5.56 Å². The van der Waals surface area contributed by atoms with Crippen LogP contribution in [-0.2, 0) is 16.1 Å². The minimum absolute atomic E-state index is 0.0524. The predicted octanol–water partition coefficient (Wildman–Crippen LogP) is 2.34. The Labute approximate surface area is 129 Å². The third-order valence-electron chi connectivity index (χ3n) is 3.00. The summed E-state index contributed by atoms with van der Waals surface area (Å²) in [5.41, 5.74) is 0.123. The number of rotatable bonds is 5. The molecule has 0 atom stereocenters. The summed E-state index contributed by atoms with van der Waals surface area (Å²) in [6.07, 6.45) is 3.14. The van der Waals surface area contributed by atoms with Crippen molar-refractivity contribution in [2.75, 3.05) is 7.11 Å². The second-order valence-electron chi connectivity index (χ2n) is 4.24. The van der Waals surface area contributed by atoms with E-state index in [2.05, 4.69) is 20.7 Å². The van der Waals surface area contributed by atoms with E-state index in [4.69, 9.17) is 0 Å². The first-order chi connectivity index (χ1) is 9.83. The topological polar surface area (TPSA) is 91.4 Å². The summed E-state index contributed by atoms with van der Waals surface area (Å²) in [5, 5.41) is 11.0. The van der Waals surface area contributed by atoms with Crippen LogP contribution in [0.15, 0.2) is 27.1 Å². The number of allylic oxidation sites excluding steroid dienone is 1. The monoisotopic (exact) mass is 358 g/mol. The highest BCUT2D eigenvalue weighted by molar-refractivity contribution is 9.10. The van der Waals surface area contributed by atoms with Crippen molar-refractivity contribution in [3.8, 4) is 0 Å². The largest absolute Gasteiger partial charge is 0.466 e. The highest BCUT2D eigenvalue weighted by Crippen LogP contribution is 2.22. The molecular weight excluding hydrogens is 344 g/mol. The van der Waals surface area contributed by atoms with Gasteiger partial charge in [-0.2, -0.15) is 0 Å². The maximum Gasteiger partial charge on any atom is 0.333 e. The van der Waals surface area contributed by atoms with Crippen molar-refractivity contribution in [3.63, 3.8) is 0 Å². The highest BCUT2D eigenvalue weighted by Gasteiger charge is 2.18. The normalized spacial score (nSPS) is 11.3. The van der Waals surface area contributed by atoms with Gasteiger partial charge in [0.25, 0.3) is 11.2 Å². The van der Waals surface area contributed by atoms with Crippen LogP contribution in [0, 0.1) is 17.0 Å². The first-order valence-corrected chi connectivity index (χ1v) is 6.94. The smallest absolute Gasteiger partial charge is 0.333 e. The molecule has 0 fully saturated rings. The van der Waals surface area contributed by atoms with Crippen LogP contribution in [0.1, 0.15) is 18.9 Å². The second-order valence-corrected chi connectivity index (χ2v) is 5.04. The van der Waals surface area contributed by atoms with Gasteiger partial charge in [-0.3, -0.25) is 14.9 Å². The number of aromatic nitrogens is 1. The van der Waals surface area contributed by atoms with Gasteiger partial charge >= 0.3 is 5.97 Å². The molecule has 0 unspecified atom stereocenters. The Hall–Kier alpha value is -1.96. The number of esters is 1. The Bertz CT molecular complexity index is 663. The van der Waals surface area contributed by atoms with Gasteiger partial charge in [0.2, 0.25) is 0 Å². The van der Waals surface area contributed by atoms with E-state index in [1.165, 1.54) is 30.9 Å². The lowest BCUT2D eigenvalue weighted by Gasteiger charge is -2.07. The molecule has 1 aromatic rings. The maximum absolute atomic E-state index is 12.1. The molecule has 21 heavy (non-hydrogen) atoms. The average molecular weight is 359 g/mol. The molecule has 1 aromatic heterocycles. The SMILES string of the molecule is CC/C(=C/Cn1cc([N+](=O)[O-])c(C)c(Br)c1=O)C(=O)OC. The van der Waals surface area contributed by atoms with Gasteiger partial charge in [0.15, 0.2) is 0 Å². The molecule has 0 amide bonds. The molecule has 0 aliphatic heterocycles. The Morgan fingerprint density at radius 3 is 2.67 bits per heavy atom. The zero-order chi connectivity index (χ0) is 16.2. The minimum Gasteiger partial charge on any atom is -0.466 e. The number of hydrogen-bond donors (Lipinski definition) is 0. The fraction of sp³-hybridized carbons (Fsp3) is 0.385. The van der Waals surface area contributed by atoms with E-state index in [1.54, 1.807) is 6.92 Å². The van der Waals surface area contributed by atoms with Crippen LogP contribution in [0.5, 0.6) is 0 Å². The number of ether oxygens (including phenoxy) is 1. The van der Waals surface area contributed by atoms with Gasteiger partial charge < -0.3 is 9.30 Å². The second kappa shape index (κ2) is 7.16. The van der Waals surface area contributed by atoms with E-state index >= 15 is 0 Å². The van der Waals surface area contributed by atoms with Crippen LogP contribution in [0.2, 0.25) is 0 Å². The molecule has 1 rings (SSSR count). The van der Waals surface area contributed by atoms with Crippen LogP contribution in [0.25, 0.3) is 0 Å². The Balaban J connectivity index is 3.26. The fourth-order valence-corrected chi connectivity index (χ4v) is 2.16.